The zero-order chi connectivity index (χ0) is 12.0. The van der Waals surface area contributed by atoms with E-state index < -0.39 is 10.4 Å². The summed E-state index contributed by atoms with van der Waals surface area (Å²) in [5.74, 6) is 0. The summed E-state index contributed by atoms with van der Waals surface area (Å²) >= 11 is 0. The van der Waals surface area contributed by atoms with Crippen LogP contribution in [0.3, 0.4) is 0 Å². The number of rotatable bonds is 1. The highest BCUT2D eigenvalue weighted by atomic mass is 32.9. The van der Waals surface area contributed by atoms with Crippen molar-refractivity contribution in [3.63, 3.8) is 0 Å². The molecule has 86 valence electrons. The summed E-state index contributed by atoms with van der Waals surface area (Å²) in [6, 6.07) is 10.4. The minimum atomic E-state index is -5.17. The Kier molecular flexibility index (Phi) is 4.97. The van der Waals surface area contributed by atoms with Crippen molar-refractivity contribution >= 4 is 31.1 Å². The van der Waals surface area contributed by atoms with Crippen LogP contribution in [-0.4, -0.2) is 17.5 Å². The van der Waals surface area contributed by atoms with Gasteiger partial charge in [0.1, 0.15) is 0 Å². The SMILES string of the molecule is O=S(=O)([O-])[O-].[H+].c1ccc(-c2cs[s+]c2)cc1. The molecule has 0 fully saturated rings. The largest absolute Gasteiger partial charge is 1.00 e. The van der Waals surface area contributed by atoms with E-state index in [1.807, 2.05) is 6.07 Å². The Labute approximate surface area is 102 Å². The van der Waals surface area contributed by atoms with E-state index in [1.165, 1.54) is 11.1 Å². The van der Waals surface area contributed by atoms with Crippen LogP contribution >= 0.6 is 20.7 Å². The molecule has 2 aromatic rings. The van der Waals surface area contributed by atoms with Crippen LogP contribution in [0.2, 0.25) is 0 Å². The first-order valence-corrected chi connectivity index (χ1v) is 7.65. The number of hydrogen-bond acceptors (Lipinski definition) is 5. The Morgan fingerprint density at radius 2 is 1.69 bits per heavy atom. The van der Waals surface area contributed by atoms with E-state index in [0.29, 0.717) is 0 Å². The zero-order valence-electron chi connectivity index (χ0n) is 8.90. The molecule has 0 saturated carbocycles. The first-order chi connectivity index (χ1) is 7.47. The van der Waals surface area contributed by atoms with Gasteiger partial charge in [0.05, 0.1) is 10.9 Å². The molecular weight excluding hydrogens is 268 g/mol. The molecule has 1 aromatic carbocycles. The summed E-state index contributed by atoms with van der Waals surface area (Å²) in [5, 5.41) is 4.36. The molecular formula is C9H8O4S3. The van der Waals surface area contributed by atoms with Crippen molar-refractivity contribution in [2.75, 3.05) is 0 Å². The Hall–Kier alpha value is -0.860. The van der Waals surface area contributed by atoms with Gasteiger partial charge in [-0.05, 0) is 5.56 Å². The summed E-state index contributed by atoms with van der Waals surface area (Å²) in [6.07, 6.45) is 0. The molecule has 1 heterocycles. The molecule has 4 nitrogen and oxygen atoms in total. The van der Waals surface area contributed by atoms with Gasteiger partial charge in [-0.25, -0.2) is 0 Å². The van der Waals surface area contributed by atoms with Crippen LogP contribution in [0.25, 0.3) is 11.1 Å². The predicted molar refractivity (Wildman–Crippen MR) is 63.6 cm³/mol. The zero-order valence-corrected chi connectivity index (χ0v) is 10.3. The summed E-state index contributed by atoms with van der Waals surface area (Å²) in [5.41, 5.74) is 2.64. The molecule has 1 aromatic heterocycles. The maximum absolute atomic E-state index is 8.52. The normalized spacial score (nSPS) is 10.4. The van der Waals surface area contributed by atoms with Gasteiger partial charge in [-0.15, -0.1) is 0 Å². The van der Waals surface area contributed by atoms with Crippen LogP contribution in [0.5, 0.6) is 0 Å². The average molecular weight is 276 g/mol. The van der Waals surface area contributed by atoms with Gasteiger partial charge in [0, 0.05) is 10.4 Å². The lowest BCUT2D eigenvalue weighted by molar-refractivity contribution is 0.352. The lowest BCUT2D eigenvalue weighted by Crippen LogP contribution is -1.91. The van der Waals surface area contributed by atoms with Crippen LogP contribution in [0.4, 0.5) is 0 Å². The topological polar surface area (TPSA) is 80.3 Å². The molecule has 0 aliphatic heterocycles. The van der Waals surface area contributed by atoms with Crippen molar-refractivity contribution in [3.8, 4) is 11.1 Å². The number of benzene rings is 1. The van der Waals surface area contributed by atoms with Gasteiger partial charge in [0.2, 0.25) is 5.38 Å². The fraction of sp³-hybridized carbons (Fsp3) is 0. The molecule has 0 N–H and O–H groups in total. The van der Waals surface area contributed by atoms with Gasteiger partial charge in [0.15, 0.2) is 10.3 Å². The Balaban J connectivity index is 0.000000373. The average Bonchev–Trinajstić information content (AvgIpc) is 2.69. The highest BCUT2D eigenvalue weighted by Crippen LogP contribution is 2.24. The summed E-state index contributed by atoms with van der Waals surface area (Å²) in [6.45, 7) is 0. The van der Waals surface area contributed by atoms with E-state index in [-0.39, 0.29) is 1.43 Å². The summed E-state index contributed by atoms with van der Waals surface area (Å²) in [7, 11) is -1.61. The van der Waals surface area contributed by atoms with Gasteiger partial charge in [-0.1, -0.05) is 30.3 Å². The standard InChI is InChI=1S/C9H7S2.H2O4S/c1-2-4-8(5-3-1)9-6-10-11-7-9;1-5(2,3)4/h1-7H;(H2,1,2,3,4)/q+1;/p-1. The van der Waals surface area contributed by atoms with Crippen molar-refractivity contribution < 1.29 is 18.9 Å². The third kappa shape index (κ3) is 5.89. The second-order valence-corrected chi connectivity index (χ2v) is 5.49. The third-order valence-electron chi connectivity index (χ3n) is 1.51. The van der Waals surface area contributed by atoms with E-state index >= 15 is 0 Å². The van der Waals surface area contributed by atoms with E-state index in [9.17, 15) is 0 Å². The maximum atomic E-state index is 8.52. The van der Waals surface area contributed by atoms with Crippen LogP contribution in [0, 0.1) is 0 Å². The van der Waals surface area contributed by atoms with Gasteiger partial charge < -0.3 is 9.11 Å². The summed E-state index contributed by atoms with van der Waals surface area (Å²) in [4.78, 5) is 0. The smallest absolute Gasteiger partial charge is 0.759 e. The fourth-order valence-electron chi connectivity index (χ4n) is 0.954. The lowest BCUT2D eigenvalue weighted by atomic mass is 10.1. The maximum Gasteiger partial charge on any atom is 1.00 e. The lowest BCUT2D eigenvalue weighted by Gasteiger charge is -2.06. The van der Waals surface area contributed by atoms with Crippen LogP contribution in [-0.2, 0) is 10.4 Å². The fourth-order valence-corrected chi connectivity index (χ4v) is 2.72. The second kappa shape index (κ2) is 6.02. The third-order valence-corrected chi connectivity index (χ3v) is 3.23. The Morgan fingerprint density at radius 1 is 1.12 bits per heavy atom. The van der Waals surface area contributed by atoms with Gasteiger partial charge >= 0.3 is 1.43 Å². The van der Waals surface area contributed by atoms with E-state index in [4.69, 9.17) is 17.5 Å². The predicted octanol–water partition coefficient (Wildman–Crippen LogP) is 2.53. The van der Waals surface area contributed by atoms with Crippen molar-refractivity contribution in [1.29, 1.82) is 0 Å². The molecule has 2 rings (SSSR count). The van der Waals surface area contributed by atoms with E-state index in [0.717, 1.165) is 0 Å². The first-order valence-electron chi connectivity index (χ1n) is 4.04. The molecule has 0 atom stereocenters. The molecule has 0 amide bonds. The Bertz CT molecular complexity index is 502. The van der Waals surface area contributed by atoms with Gasteiger partial charge in [-0.2, -0.15) is 0 Å². The highest BCUT2D eigenvalue weighted by Gasteiger charge is 2.02. The van der Waals surface area contributed by atoms with E-state index in [1.54, 1.807) is 20.7 Å². The van der Waals surface area contributed by atoms with Crippen LogP contribution < -0.4 is 0 Å². The van der Waals surface area contributed by atoms with Crippen molar-refractivity contribution in [1.82, 2.24) is 0 Å². The quantitative estimate of drug-likeness (QED) is 0.347. The van der Waals surface area contributed by atoms with Crippen molar-refractivity contribution in [2.24, 2.45) is 0 Å². The molecule has 0 unspecified atom stereocenters. The molecule has 0 radical (unpaired) electrons. The molecule has 16 heavy (non-hydrogen) atoms. The first kappa shape index (κ1) is 13.2. The Morgan fingerprint density at radius 3 is 2.12 bits per heavy atom. The molecule has 0 aliphatic rings. The van der Waals surface area contributed by atoms with Gasteiger partial charge in [-0.3, -0.25) is 8.42 Å². The van der Waals surface area contributed by atoms with Crippen LogP contribution in [0.15, 0.2) is 41.1 Å². The second-order valence-electron chi connectivity index (χ2n) is 2.66. The molecule has 7 heteroatoms. The highest BCUT2D eigenvalue weighted by molar-refractivity contribution is 7.79. The molecule has 0 saturated heterocycles. The molecule has 0 spiro atoms. The summed E-state index contributed by atoms with van der Waals surface area (Å²) < 4.78 is 34.1. The van der Waals surface area contributed by atoms with Crippen molar-refractivity contribution in [3.05, 3.63) is 41.1 Å². The van der Waals surface area contributed by atoms with Crippen molar-refractivity contribution in [2.45, 2.75) is 0 Å². The van der Waals surface area contributed by atoms with E-state index in [2.05, 4.69) is 35.0 Å². The number of hydrogen-bond donors (Lipinski definition) is 0. The van der Waals surface area contributed by atoms with Crippen LogP contribution in [0.1, 0.15) is 1.43 Å². The minimum absolute atomic E-state index is 0. The van der Waals surface area contributed by atoms with Gasteiger partial charge in [0.25, 0.3) is 10.3 Å². The minimum Gasteiger partial charge on any atom is -0.759 e. The molecule has 0 aliphatic carbocycles. The monoisotopic (exact) mass is 276 g/mol. The molecule has 0 bridgehead atoms.